The molecule has 3 amide bonds. The van der Waals surface area contributed by atoms with Crippen molar-refractivity contribution in [1.29, 1.82) is 0 Å². The van der Waals surface area contributed by atoms with E-state index in [0.29, 0.717) is 28.8 Å². The number of carbonyl (C=O) groups is 3. The van der Waals surface area contributed by atoms with Gasteiger partial charge < -0.3 is 30.9 Å². The zero-order chi connectivity index (χ0) is 20.0. The molecule has 2 aliphatic rings. The molecule has 2 heterocycles. The lowest BCUT2D eigenvalue weighted by atomic mass is 10.2. The summed E-state index contributed by atoms with van der Waals surface area (Å²) in [6.07, 6.45) is 2.66. The number of anilines is 1. The van der Waals surface area contributed by atoms with Crippen molar-refractivity contribution in [3.8, 4) is 5.75 Å². The molecular weight excluding hydrogens is 368 g/mol. The van der Waals surface area contributed by atoms with Crippen molar-refractivity contribution in [2.24, 2.45) is 11.7 Å². The van der Waals surface area contributed by atoms with Gasteiger partial charge in [-0.15, -0.1) is 0 Å². The number of hydrogen-bond acceptors (Lipinski definition) is 5. The van der Waals surface area contributed by atoms with Gasteiger partial charge in [-0.2, -0.15) is 0 Å². The summed E-state index contributed by atoms with van der Waals surface area (Å²) in [6.45, 7) is -0.0567. The minimum Gasteiger partial charge on any atom is -0.491 e. The molecule has 1 aromatic carbocycles. The number of carboxylic acids is 1. The number of benzene rings is 1. The maximum Gasteiger partial charge on any atom is 0.326 e. The Morgan fingerprint density at radius 3 is 2.75 bits per heavy atom. The van der Waals surface area contributed by atoms with Crippen LogP contribution in [0.4, 0.5) is 15.3 Å². The highest BCUT2D eigenvalue weighted by molar-refractivity contribution is 6.05. The molecule has 0 spiro atoms. The number of aliphatic carboxylic acids is 1. The van der Waals surface area contributed by atoms with Crippen molar-refractivity contribution in [2.45, 2.75) is 24.9 Å². The highest BCUT2D eigenvalue weighted by Gasteiger charge is 2.56. The average molecular weight is 388 g/mol. The fourth-order valence-electron chi connectivity index (χ4n) is 3.89. The van der Waals surface area contributed by atoms with E-state index in [9.17, 15) is 19.5 Å². The maximum atomic E-state index is 12.8. The number of amides is 3. The molecule has 1 saturated carbocycles. The van der Waals surface area contributed by atoms with Crippen LogP contribution < -0.4 is 15.8 Å². The SMILES string of the molecule is NC(=O)n1cc(NC(=O)N2[C@@H]3C[C@@H]3C[C@H]2C(=O)O)c2cc(OCCO)ccc21. The van der Waals surface area contributed by atoms with Crippen LogP contribution in [0.1, 0.15) is 12.8 Å². The van der Waals surface area contributed by atoms with Crippen LogP contribution in [0.2, 0.25) is 0 Å². The van der Waals surface area contributed by atoms with Crippen LogP contribution in [-0.2, 0) is 4.79 Å². The van der Waals surface area contributed by atoms with Crippen molar-refractivity contribution >= 4 is 34.6 Å². The van der Waals surface area contributed by atoms with Gasteiger partial charge in [0.15, 0.2) is 0 Å². The van der Waals surface area contributed by atoms with E-state index in [-0.39, 0.29) is 25.2 Å². The zero-order valence-corrected chi connectivity index (χ0v) is 14.9. The predicted octanol–water partition coefficient (Wildman–Crippen LogP) is 1.02. The Kier molecular flexibility index (Phi) is 4.34. The Bertz CT molecular complexity index is 970. The van der Waals surface area contributed by atoms with Gasteiger partial charge in [0.05, 0.1) is 17.8 Å². The lowest BCUT2D eigenvalue weighted by Gasteiger charge is -2.24. The minimum absolute atomic E-state index is 0.0611. The molecule has 2 fully saturated rings. The molecule has 148 valence electrons. The van der Waals surface area contributed by atoms with Crippen LogP contribution in [0.3, 0.4) is 0 Å². The van der Waals surface area contributed by atoms with Crippen LogP contribution in [0.15, 0.2) is 24.4 Å². The molecular formula is C18H20N4O6. The highest BCUT2D eigenvalue weighted by Crippen LogP contribution is 2.48. The monoisotopic (exact) mass is 388 g/mol. The summed E-state index contributed by atoms with van der Waals surface area (Å²) in [5.74, 6) is -0.343. The summed E-state index contributed by atoms with van der Waals surface area (Å²) in [6, 6.07) is 2.71. The Labute approximate surface area is 159 Å². The van der Waals surface area contributed by atoms with Gasteiger partial charge in [0.25, 0.3) is 0 Å². The molecule has 4 rings (SSSR count). The molecule has 28 heavy (non-hydrogen) atoms. The standard InChI is InChI=1S/C18H20N4O6/c19-17(26)21-8-12(11-7-10(28-4-3-23)1-2-13(11)21)20-18(27)22-14-5-9(14)6-15(22)16(24)25/h1-2,7-9,14-15,23H,3-6H2,(H2,19,26)(H,20,27)(H,24,25)/t9-,14-,15+/m1/s1. The third kappa shape index (κ3) is 3.01. The van der Waals surface area contributed by atoms with Crippen molar-refractivity contribution in [2.75, 3.05) is 18.5 Å². The van der Waals surface area contributed by atoms with Crippen LogP contribution >= 0.6 is 0 Å². The number of ether oxygens (including phenoxy) is 1. The van der Waals surface area contributed by atoms with Crippen LogP contribution in [0.5, 0.6) is 5.75 Å². The molecule has 1 aliphatic carbocycles. The molecule has 10 nitrogen and oxygen atoms in total. The normalized spacial score (nSPS) is 22.8. The molecule has 3 atom stereocenters. The number of aromatic nitrogens is 1. The van der Waals surface area contributed by atoms with Gasteiger partial charge in [0.1, 0.15) is 18.4 Å². The first kappa shape index (κ1) is 18.1. The topological polar surface area (TPSA) is 147 Å². The van der Waals surface area contributed by atoms with Gasteiger partial charge >= 0.3 is 18.0 Å². The summed E-state index contributed by atoms with van der Waals surface area (Å²) in [5.41, 5.74) is 6.21. The number of nitrogens with one attached hydrogen (secondary N) is 1. The number of carboxylic acid groups (broad SMARTS) is 1. The number of aliphatic hydroxyl groups is 1. The van der Waals surface area contributed by atoms with Crippen molar-refractivity contribution in [3.63, 3.8) is 0 Å². The summed E-state index contributed by atoms with van der Waals surface area (Å²) in [4.78, 5) is 37.4. The third-order valence-electron chi connectivity index (χ3n) is 5.24. The second kappa shape index (κ2) is 6.71. The van der Waals surface area contributed by atoms with E-state index >= 15 is 0 Å². The zero-order valence-electron chi connectivity index (χ0n) is 14.9. The summed E-state index contributed by atoms with van der Waals surface area (Å²) in [5, 5.41) is 21.5. The van der Waals surface area contributed by atoms with E-state index in [1.165, 1.54) is 15.7 Å². The lowest BCUT2D eigenvalue weighted by molar-refractivity contribution is -0.141. The summed E-state index contributed by atoms with van der Waals surface area (Å²) < 4.78 is 6.58. The summed E-state index contributed by atoms with van der Waals surface area (Å²) in [7, 11) is 0. The fourth-order valence-corrected chi connectivity index (χ4v) is 3.89. The number of rotatable bonds is 5. The number of nitrogens with zero attached hydrogens (tertiary/aromatic N) is 2. The van der Waals surface area contributed by atoms with Gasteiger partial charge in [0, 0.05) is 17.6 Å². The van der Waals surface area contributed by atoms with E-state index in [1.807, 2.05) is 0 Å². The molecule has 1 aromatic heterocycles. The number of urea groups is 1. The van der Waals surface area contributed by atoms with Gasteiger partial charge in [-0.3, -0.25) is 4.57 Å². The molecule has 5 N–H and O–H groups in total. The van der Waals surface area contributed by atoms with Crippen molar-refractivity contribution < 1.29 is 29.3 Å². The molecule has 1 aliphatic heterocycles. The minimum atomic E-state index is -1.03. The van der Waals surface area contributed by atoms with Crippen molar-refractivity contribution in [3.05, 3.63) is 24.4 Å². The molecule has 0 radical (unpaired) electrons. The highest BCUT2D eigenvalue weighted by atomic mass is 16.5. The Morgan fingerprint density at radius 1 is 1.29 bits per heavy atom. The smallest absolute Gasteiger partial charge is 0.326 e. The van der Waals surface area contributed by atoms with Crippen LogP contribution in [0.25, 0.3) is 10.9 Å². The largest absolute Gasteiger partial charge is 0.491 e. The number of fused-ring (bicyclic) bond motifs is 2. The second-order valence-corrected chi connectivity index (χ2v) is 6.99. The average Bonchev–Trinajstić information content (AvgIpc) is 3.17. The van der Waals surface area contributed by atoms with Gasteiger partial charge in [0.2, 0.25) is 0 Å². The lowest BCUT2D eigenvalue weighted by Crippen LogP contribution is -2.45. The number of aliphatic hydroxyl groups excluding tert-OH is 1. The molecule has 1 saturated heterocycles. The van der Waals surface area contributed by atoms with Crippen LogP contribution in [0, 0.1) is 5.92 Å². The van der Waals surface area contributed by atoms with E-state index in [0.717, 1.165) is 6.42 Å². The van der Waals surface area contributed by atoms with E-state index < -0.39 is 24.1 Å². The first-order valence-electron chi connectivity index (χ1n) is 8.91. The Morgan fingerprint density at radius 2 is 2.07 bits per heavy atom. The molecule has 0 bridgehead atoms. The van der Waals surface area contributed by atoms with Crippen LogP contribution in [-0.4, -0.2) is 63.0 Å². The van der Waals surface area contributed by atoms with Gasteiger partial charge in [-0.25, -0.2) is 14.4 Å². The third-order valence-corrected chi connectivity index (χ3v) is 5.24. The molecule has 10 heteroatoms. The van der Waals surface area contributed by atoms with Gasteiger partial charge in [-0.05, 0) is 37.0 Å². The first-order chi connectivity index (χ1) is 13.4. The van der Waals surface area contributed by atoms with Gasteiger partial charge in [-0.1, -0.05) is 0 Å². The number of primary amides is 1. The Hall–Kier alpha value is -3.27. The van der Waals surface area contributed by atoms with Crippen molar-refractivity contribution in [1.82, 2.24) is 9.47 Å². The molecule has 0 unspecified atom stereocenters. The quantitative estimate of drug-likeness (QED) is 0.601. The number of likely N-dealkylation sites (tertiary alicyclic amines) is 1. The Balaban J connectivity index is 1.66. The van der Waals surface area contributed by atoms with E-state index in [1.54, 1.807) is 18.2 Å². The van der Waals surface area contributed by atoms with E-state index in [4.69, 9.17) is 15.6 Å². The number of hydrogen-bond donors (Lipinski definition) is 4. The molecule has 2 aromatic rings. The summed E-state index contributed by atoms with van der Waals surface area (Å²) >= 11 is 0. The predicted molar refractivity (Wildman–Crippen MR) is 98.3 cm³/mol. The van der Waals surface area contributed by atoms with E-state index in [2.05, 4.69) is 5.32 Å². The first-order valence-corrected chi connectivity index (χ1v) is 8.91. The number of carbonyl (C=O) groups excluding carboxylic acids is 2. The fraction of sp³-hybridized carbons (Fsp3) is 0.389. The maximum absolute atomic E-state index is 12.8. The number of piperidine rings is 1. The number of nitrogens with two attached hydrogens (primary N) is 1. The second-order valence-electron chi connectivity index (χ2n) is 6.99.